The summed E-state index contributed by atoms with van der Waals surface area (Å²) in [6, 6.07) is 0.570. The molecule has 114 valence electrons. The van der Waals surface area contributed by atoms with Gasteiger partial charge in [-0.15, -0.1) is 0 Å². The van der Waals surface area contributed by atoms with Gasteiger partial charge < -0.3 is 10.0 Å². The number of nitrogens with zero attached hydrogens (tertiary/aromatic N) is 2. The maximum atomic E-state index is 12.3. The molecule has 2 rings (SSSR count). The Labute approximate surface area is 120 Å². The fourth-order valence-electron chi connectivity index (χ4n) is 3.42. The van der Waals surface area contributed by atoms with E-state index in [1.165, 1.54) is 25.7 Å². The molecule has 1 saturated heterocycles. The minimum atomic E-state index is -0.724. The first-order chi connectivity index (χ1) is 9.61. The van der Waals surface area contributed by atoms with E-state index in [0.717, 1.165) is 6.54 Å². The normalized spacial score (nSPS) is 21.6. The summed E-state index contributed by atoms with van der Waals surface area (Å²) in [5.74, 6) is -0.822. The Balaban J connectivity index is 1.80. The maximum absolute atomic E-state index is 12.3. The maximum Gasteiger partial charge on any atom is 0.306 e. The highest BCUT2D eigenvalue weighted by molar-refractivity contribution is 5.79. The number of hydrogen-bond donors (Lipinski definition) is 1. The topological polar surface area (TPSA) is 60.9 Å². The van der Waals surface area contributed by atoms with Gasteiger partial charge >= 0.3 is 5.97 Å². The number of carbonyl (C=O) groups excluding carboxylic acids is 1. The average molecular weight is 282 g/mol. The predicted octanol–water partition coefficient (Wildman–Crippen LogP) is 1.57. The van der Waals surface area contributed by atoms with E-state index in [1.54, 1.807) is 0 Å². The van der Waals surface area contributed by atoms with Crippen molar-refractivity contribution in [1.29, 1.82) is 0 Å². The summed E-state index contributed by atoms with van der Waals surface area (Å²) >= 11 is 0. The molecular weight excluding hydrogens is 256 g/mol. The highest BCUT2D eigenvalue weighted by Gasteiger charge is 2.29. The fourth-order valence-corrected chi connectivity index (χ4v) is 3.42. The molecule has 0 unspecified atom stereocenters. The molecule has 20 heavy (non-hydrogen) atoms. The number of carboxylic acid groups (broad SMARTS) is 1. The Morgan fingerprint density at radius 3 is 2.25 bits per heavy atom. The van der Waals surface area contributed by atoms with Crippen molar-refractivity contribution in [2.24, 2.45) is 5.92 Å². The van der Waals surface area contributed by atoms with Crippen LogP contribution in [0.1, 0.15) is 45.4 Å². The van der Waals surface area contributed by atoms with E-state index in [2.05, 4.69) is 11.8 Å². The molecule has 1 amide bonds. The first kappa shape index (κ1) is 15.3. The molecule has 5 heteroatoms. The lowest BCUT2D eigenvalue weighted by molar-refractivity contribution is -0.146. The van der Waals surface area contributed by atoms with Crippen LogP contribution in [0.15, 0.2) is 0 Å². The van der Waals surface area contributed by atoms with Gasteiger partial charge in [0.05, 0.1) is 12.5 Å². The molecule has 1 aliphatic carbocycles. The van der Waals surface area contributed by atoms with Gasteiger partial charge in [-0.3, -0.25) is 14.5 Å². The summed E-state index contributed by atoms with van der Waals surface area (Å²) in [5, 5.41) is 8.98. The number of likely N-dealkylation sites (N-methyl/N-ethyl adjacent to an activating group) is 1. The van der Waals surface area contributed by atoms with Gasteiger partial charge in [0.15, 0.2) is 0 Å². The van der Waals surface area contributed by atoms with Crippen LogP contribution in [-0.2, 0) is 9.59 Å². The standard InChI is InChI=1S/C15H26N2O3/c1-2-16(13-5-3-4-6-13)11-14(18)17-9-7-12(8-10-17)15(19)20/h12-13H,2-11H2,1H3,(H,19,20). The summed E-state index contributed by atoms with van der Waals surface area (Å²) in [5.41, 5.74) is 0. The van der Waals surface area contributed by atoms with Gasteiger partial charge in [0.2, 0.25) is 5.91 Å². The second-order valence-corrected chi connectivity index (χ2v) is 5.99. The number of amides is 1. The molecule has 1 aliphatic heterocycles. The molecule has 0 spiro atoms. The van der Waals surface area contributed by atoms with Crippen LogP contribution in [0, 0.1) is 5.92 Å². The Hall–Kier alpha value is -1.10. The molecule has 2 aliphatic rings. The van der Waals surface area contributed by atoms with Gasteiger partial charge in [-0.05, 0) is 32.2 Å². The van der Waals surface area contributed by atoms with Crippen molar-refractivity contribution in [3.8, 4) is 0 Å². The Bertz CT molecular complexity index is 345. The van der Waals surface area contributed by atoms with E-state index in [-0.39, 0.29) is 11.8 Å². The van der Waals surface area contributed by atoms with E-state index in [4.69, 9.17) is 5.11 Å². The zero-order valence-electron chi connectivity index (χ0n) is 12.4. The summed E-state index contributed by atoms with van der Waals surface area (Å²) in [4.78, 5) is 27.4. The molecule has 2 fully saturated rings. The van der Waals surface area contributed by atoms with Crippen molar-refractivity contribution in [3.63, 3.8) is 0 Å². The third kappa shape index (κ3) is 3.72. The molecular formula is C15H26N2O3. The van der Waals surface area contributed by atoms with E-state index < -0.39 is 5.97 Å². The third-order valence-corrected chi connectivity index (χ3v) is 4.78. The summed E-state index contributed by atoms with van der Waals surface area (Å²) < 4.78 is 0. The van der Waals surface area contributed by atoms with Crippen LogP contribution in [-0.4, -0.2) is 59.0 Å². The highest BCUT2D eigenvalue weighted by Crippen LogP contribution is 2.24. The Morgan fingerprint density at radius 1 is 1.15 bits per heavy atom. The fraction of sp³-hybridized carbons (Fsp3) is 0.867. The smallest absolute Gasteiger partial charge is 0.306 e. The van der Waals surface area contributed by atoms with Crippen LogP contribution in [0.25, 0.3) is 0 Å². The molecule has 0 bridgehead atoms. The molecule has 0 aromatic carbocycles. The van der Waals surface area contributed by atoms with Crippen molar-refractivity contribution >= 4 is 11.9 Å². The number of aliphatic carboxylic acids is 1. The van der Waals surface area contributed by atoms with Crippen molar-refractivity contribution in [2.75, 3.05) is 26.2 Å². The minimum Gasteiger partial charge on any atom is -0.481 e. The van der Waals surface area contributed by atoms with Crippen LogP contribution in [0.4, 0.5) is 0 Å². The van der Waals surface area contributed by atoms with Crippen LogP contribution in [0.2, 0.25) is 0 Å². The largest absolute Gasteiger partial charge is 0.481 e. The van der Waals surface area contributed by atoms with Gasteiger partial charge in [-0.2, -0.15) is 0 Å². The first-order valence-corrected chi connectivity index (χ1v) is 7.86. The number of hydrogen-bond acceptors (Lipinski definition) is 3. The van der Waals surface area contributed by atoms with E-state index in [1.807, 2.05) is 4.90 Å². The number of rotatable bonds is 5. The number of piperidine rings is 1. The zero-order chi connectivity index (χ0) is 14.5. The highest BCUT2D eigenvalue weighted by atomic mass is 16.4. The van der Waals surface area contributed by atoms with Gasteiger partial charge in [-0.1, -0.05) is 19.8 Å². The van der Waals surface area contributed by atoms with Crippen molar-refractivity contribution in [2.45, 2.75) is 51.5 Å². The van der Waals surface area contributed by atoms with E-state index in [9.17, 15) is 9.59 Å². The van der Waals surface area contributed by atoms with E-state index in [0.29, 0.717) is 38.5 Å². The predicted molar refractivity (Wildman–Crippen MR) is 76.4 cm³/mol. The summed E-state index contributed by atoms with van der Waals surface area (Å²) in [6.07, 6.45) is 6.16. The lowest BCUT2D eigenvalue weighted by atomic mass is 9.97. The molecule has 0 radical (unpaired) electrons. The van der Waals surface area contributed by atoms with Crippen LogP contribution in [0.3, 0.4) is 0 Å². The molecule has 0 aromatic heterocycles. The Kier molecular flexibility index (Phi) is 5.40. The van der Waals surface area contributed by atoms with Crippen molar-refractivity contribution < 1.29 is 14.7 Å². The number of likely N-dealkylation sites (tertiary alicyclic amines) is 1. The molecule has 1 saturated carbocycles. The molecule has 0 atom stereocenters. The number of carboxylic acids is 1. The summed E-state index contributed by atoms with van der Waals surface area (Å²) in [7, 11) is 0. The zero-order valence-corrected chi connectivity index (χ0v) is 12.4. The third-order valence-electron chi connectivity index (χ3n) is 4.78. The van der Waals surface area contributed by atoms with Gasteiger partial charge in [-0.25, -0.2) is 0 Å². The van der Waals surface area contributed by atoms with Crippen LogP contribution >= 0.6 is 0 Å². The second kappa shape index (κ2) is 7.07. The van der Waals surface area contributed by atoms with E-state index >= 15 is 0 Å². The number of carbonyl (C=O) groups is 2. The van der Waals surface area contributed by atoms with Gasteiger partial charge in [0, 0.05) is 19.1 Å². The molecule has 5 nitrogen and oxygen atoms in total. The van der Waals surface area contributed by atoms with Crippen LogP contribution in [0.5, 0.6) is 0 Å². The average Bonchev–Trinajstić information content (AvgIpc) is 2.98. The van der Waals surface area contributed by atoms with Crippen molar-refractivity contribution in [3.05, 3.63) is 0 Å². The minimum absolute atomic E-state index is 0.169. The lowest BCUT2D eigenvalue weighted by Crippen LogP contribution is -2.47. The monoisotopic (exact) mass is 282 g/mol. The molecule has 1 heterocycles. The quantitative estimate of drug-likeness (QED) is 0.831. The summed E-state index contributed by atoms with van der Waals surface area (Å²) in [6.45, 7) is 4.72. The molecule has 1 N–H and O–H groups in total. The molecule has 0 aromatic rings. The second-order valence-electron chi connectivity index (χ2n) is 5.99. The first-order valence-electron chi connectivity index (χ1n) is 7.86. The van der Waals surface area contributed by atoms with Gasteiger partial charge in [0.1, 0.15) is 0 Å². The van der Waals surface area contributed by atoms with Crippen LogP contribution < -0.4 is 0 Å². The SMILES string of the molecule is CCN(CC(=O)N1CCC(C(=O)O)CC1)C1CCCC1. The van der Waals surface area contributed by atoms with Gasteiger partial charge in [0.25, 0.3) is 0 Å². The lowest BCUT2D eigenvalue weighted by Gasteiger charge is -2.33. The Morgan fingerprint density at radius 2 is 1.75 bits per heavy atom. The van der Waals surface area contributed by atoms with Crippen molar-refractivity contribution in [1.82, 2.24) is 9.80 Å².